The van der Waals surface area contributed by atoms with Crippen LogP contribution in [0.25, 0.3) is 0 Å². The number of carbonyl (C=O) groups excluding carboxylic acids is 1. The van der Waals surface area contributed by atoms with Crippen LogP contribution in [0.2, 0.25) is 0 Å². The van der Waals surface area contributed by atoms with Crippen molar-refractivity contribution in [2.75, 3.05) is 13.1 Å². The van der Waals surface area contributed by atoms with Crippen molar-refractivity contribution >= 4 is 5.91 Å². The van der Waals surface area contributed by atoms with Crippen molar-refractivity contribution in [3.8, 4) is 11.8 Å². The summed E-state index contributed by atoms with van der Waals surface area (Å²) in [7, 11) is 0. The molecule has 0 atom stereocenters. The minimum Gasteiger partial charge on any atom is -0.352 e. The summed E-state index contributed by atoms with van der Waals surface area (Å²) in [5, 5.41) is 3.07. The second-order valence-electron chi connectivity index (χ2n) is 5.77. The highest BCUT2D eigenvalue weighted by molar-refractivity contribution is 5.96. The molecular weight excluding hydrogens is 260 g/mol. The van der Waals surface area contributed by atoms with Gasteiger partial charge in [0.15, 0.2) is 0 Å². The highest BCUT2D eigenvalue weighted by Crippen LogP contribution is 2.23. The Morgan fingerprint density at radius 3 is 2.81 bits per heavy atom. The summed E-state index contributed by atoms with van der Waals surface area (Å²) in [6.07, 6.45) is 6.37. The number of nitrogens with two attached hydrogens (primary N) is 1. The van der Waals surface area contributed by atoms with Crippen LogP contribution in [0.5, 0.6) is 0 Å². The van der Waals surface area contributed by atoms with Crippen LogP contribution < -0.4 is 11.1 Å². The highest BCUT2D eigenvalue weighted by Gasteiger charge is 2.16. The SMILES string of the molecule is Cc1ccc(C#CCN)c(C(=O)NCC2CCCCC2)c1. The lowest BCUT2D eigenvalue weighted by atomic mass is 9.89. The van der Waals surface area contributed by atoms with E-state index in [4.69, 9.17) is 5.73 Å². The second-order valence-corrected chi connectivity index (χ2v) is 5.77. The van der Waals surface area contributed by atoms with E-state index in [0.717, 1.165) is 17.7 Å². The van der Waals surface area contributed by atoms with Gasteiger partial charge in [-0.3, -0.25) is 4.79 Å². The Labute approximate surface area is 127 Å². The van der Waals surface area contributed by atoms with Gasteiger partial charge in [0.2, 0.25) is 0 Å². The third-order valence-electron chi connectivity index (χ3n) is 4.02. The summed E-state index contributed by atoms with van der Waals surface area (Å²) in [5.74, 6) is 6.41. The third kappa shape index (κ3) is 4.61. The van der Waals surface area contributed by atoms with Crippen LogP contribution in [0.3, 0.4) is 0 Å². The first-order valence-corrected chi connectivity index (χ1v) is 7.78. The van der Waals surface area contributed by atoms with Gasteiger partial charge in [-0.15, -0.1) is 0 Å². The van der Waals surface area contributed by atoms with Gasteiger partial charge < -0.3 is 11.1 Å². The Hall–Kier alpha value is -1.79. The minimum absolute atomic E-state index is 0.0226. The molecule has 1 aromatic carbocycles. The molecule has 1 aromatic rings. The second kappa shape index (κ2) is 7.85. The lowest BCUT2D eigenvalue weighted by molar-refractivity contribution is 0.0943. The van der Waals surface area contributed by atoms with E-state index in [2.05, 4.69) is 17.2 Å². The lowest BCUT2D eigenvalue weighted by Crippen LogP contribution is -2.30. The quantitative estimate of drug-likeness (QED) is 0.838. The van der Waals surface area contributed by atoms with E-state index in [-0.39, 0.29) is 5.91 Å². The van der Waals surface area contributed by atoms with Gasteiger partial charge in [0, 0.05) is 12.1 Å². The minimum atomic E-state index is -0.0226. The van der Waals surface area contributed by atoms with Crippen molar-refractivity contribution in [1.82, 2.24) is 5.32 Å². The fourth-order valence-electron chi connectivity index (χ4n) is 2.82. The molecule has 1 saturated carbocycles. The van der Waals surface area contributed by atoms with Crippen LogP contribution in [-0.4, -0.2) is 19.0 Å². The first-order valence-electron chi connectivity index (χ1n) is 7.78. The summed E-state index contributed by atoms with van der Waals surface area (Å²) in [4.78, 5) is 12.4. The fraction of sp³-hybridized carbons (Fsp3) is 0.500. The molecule has 0 aliphatic heterocycles. The van der Waals surface area contributed by atoms with E-state index in [0.29, 0.717) is 18.0 Å². The Balaban J connectivity index is 2.04. The smallest absolute Gasteiger partial charge is 0.252 e. The molecule has 0 unspecified atom stereocenters. The molecule has 3 nitrogen and oxygen atoms in total. The van der Waals surface area contributed by atoms with Crippen LogP contribution in [0.15, 0.2) is 18.2 Å². The summed E-state index contributed by atoms with van der Waals surface area (Å²) >= 11 is 0. The number of hydrogen-bond donors (Lipinski definition) is 2. The van der Waals surface area contributed by atoms with Crippen molar-refractivity contribution in [2.24, 2.45) is 11.7 Å². The zero-order chi connectivity index (χ0) is 15.1. The standard InChI is InChI=1S/C18H24N2O/c1-14-9-10-16(8-5-11-19)17(12-14)18(21)20-13-15-6-3-2-4-7-15/h9-10,12,15H,2-4,6-7,11,13,19H2,1H3,(H,20,21). The van der Waals surface area contributed by atoms with E-state index in [1.165, 1.54) is 32.1 Å². The van der Waals surface area contributed by atoms with Crippen LogP contribution in [0.1, 0.15) is 53.6 Å². The molecule has 1 fully saturated rings. The average molecular weight is 284 g/mol. The predicted molar refractivity (Wildman–Crippen MR) is 86.0 cm³/mol. The van der Waals surface area contributed by atoms with Gasteiger partial charge in [-0.05, 0) is 37.8 Å². The monoisotopic (exact) mass is 284 g/mol. The topological polar surface area (TPSA) is 55.1 Å². The maximum absolute atomic E-state index is 12.4. The largest absolute Gasteiger partial charge is 0.352 e. The molecule has 3 heteroatoms. The Kier molecular flexibility index (Phi) is 5.83. The van der Waals surface area contributed by atoms with Crippen LogP contribution in [0, 0.1) is 24.7 Å². The van der Waals surface area contributed by atoms with Gasteiger partial charge in [-0.25, -0.2) is 0 Å². The van der Waals surface area contributed by atoms with Crippen molar-refractivity contribution in [3.05, 3.63) is 34.9 Å². The van der Waals surface area contributed by atoms with Crippen molar-refractivity contribution < 1.29 is 4.79 Å². The first-order chi connectivity index (χ1) is 10.2. The Morgan fingerprint density at radius 1 is 1.33 bits per heavy atom. The maximum atomic E-state index is 12.4. The highest BCUT2D eigenvalue weighted by atomic mass is 16.1. The van der Waals surface area contributed by atoms with E-state index >= 15 is 0 Å². The summed E-state index contributed by atoms with van der Waals surface area (Å²) in [6, 6.07) is 5.77. The molecule has 1 aliphatic rings. The zero-order valence-electron chi connectivity index (χ0n) is 12.7. The zero-order valence-corrected chi connectivity index (χ0v) is 12.7. The molecule has 21 heavy (non-hydrogen) atoms. The molecule has 0 heterocycles. The van der Waals surface area contributed by atoms with E-state index in [1.54, 1.807) is 0 Å². The molecule has 3 N–H and O–H groups in total. The van der Waals surface area contributed by atoms with Crippen molar-refractivity contribution in [2.45, 2.75) is 39.0 Å². The van der Waals surface area contributed by atoms with E-state index < -0.39 is 0 Å². The van der Waals surface area contributed by atoms with Gasteiger partial charge in [0.05, 0.1) is 12.1 Å². The summed E-state index contributed by atoms with van der Waals surface area (Å²) < 4.78 is 0. The van der Waals surface area contributed by atoms with E-state index in [9.17, 15) is 4.79 Å². The number of carbonyl (C=O) groups is 1. The number of aryl methyl sites for hydroxylation is 1. The molecule has 0 spiro atoms. The molecule has 1 amide bonds. The van der Waals surface area contributed by atoms with Gasteiger partial charge >= 0.3 is 0 Å². The molecule has 112 valence electrons. The summed E-state index contributed by atoms with van der Waals surface area (Å²) in [6.45, 7) is 3.06. The van der Waals surface area contributed by atoms with Crippen molar-refractivity contribution in [1.29, 1.82) is 0 Å². The molecule has 2 rings (SSSR count). The fourth-order valence-corrected chi connectivity index (χ4v) is 2.82. The van der Waals surface area contributed by atoms with Crippen LogP contribution >= 0.6 is 0 Å². The molecule has 0 radical (unpaired) electrons. The van der Waals surface area contributed by atoms with Crippen molar-refractivity contribution in [3.63, 3.8) is 0 Å². The summed E-state index contributed by atoms with van der Waals surface area (Å²) in [5.41, 5.74) is 7.90. The van der Waals surface area contributed by atoms with Crippen LogP contribution in [0.4, 0.5) is 0 Å². The Morgan fingerprint density at radius 2 is 2.10 bits per heavy atom. The third-order valence-corrected chi connectivity index (χ3v) is 4.02. The number of benzene rings is 1. The normalized spacial score (nSPS) is 15.1. The van der Waals surface area contributed by atoms with Crippen LogP contribution in [-0.2, 0) is 0 Å². The lowest BCUT2D eigenvalue weighted by Gasteiger charge is -2.21. The first kappa shape index (κ1) is 15.6. The Bertz CT molecular complexity index is 548. The number of hydrogen-bond acceptors (Lipinski definition) is 2. The molecular formula is C18H24N2O. The number of amides is 1. The van der Waals surface area contributed by atoms with E-state index in [1.807, 2.05) is 25.1 Å². The average Bonchev–Trinajstić information content (AvgIpc) is 2.52. The molecule has 1 aliphatic carbocycles. The molecule has 0 saturated heterocycles. The molecule has 0 aromatic heterocycles. The number of rotatable bonds is 3. The number of nitrogens with one attached hydrogen (secondary N) is 1. The van der Waals surface area contributed by atoms with Gasteiger partial charge in [0.25, 0.3) is 5.91 Å². The molecule has 0 bridgehead atoms. The van der Waals surface area contributed by atoms with Gasteiger partial charge in [0.1, 0.15) is 0 Å². The predicted octanol–water partition coefficient (Wildman–Crippen LogP) is 2.62. The maximum Gasteiger partial charge on any atom is 0.252 e. The van der Waals surface area contributed by atoms with Gasteiger partial charge in [-0.1, -0.05) is 42.7 Å². The van der Waals surface area contributed by atoms with Gasteiger partial charge in [-0.2, -0.15) is 0 Å².